The number of rotatable bonds is 5. The maximum Gasteiger partial charge on any atom is 0.337 e. The Kier molecular flexibility index (Phi) is 5.26. The highest BCUT2D eigenvalue weighted by Gasteiger charge is 2.23. The van der Waals surface area contributed by atoms with Gasteiger partial charge in [-0.1, -0.05) is 18.2 Å². The van der Waals surface area contributed by atoms with Crippen LogP contribution in [0.1, 0.15) is 15.9 Å². The van der Waals surface area contributed by atoms with Crippen molar-refractivity contribution >= 4 is 28.7 Å². The van der Waals surface area contributed by atoms with E-state index in [0.717, 1.165) is 22.9 Å². The normalized spacial score (nSPS) is 11.6. The zero-order valence-electron chi connectivity index (χ0n) is 16.8. The van der Waals surface area contributed by atoms with Gasteiger partial charge in [-0.3, -0.25) is 0 Å². The van der Waals surface area contributed by atoms with Crippen molar-refractivity contribution in [1.29, 1.82) is 5.41 Å². The van der Waals surface area contributed by atoms with Crippen molar-refractivity contribution in [3.8, 4) is 28.6 Å². The van der Waals surface area contributed by atoms with Gasteiger partial charge in [0.25, 0.3) is 0 Å². The van der Waals surface area contributed by atoms with Crippen molar-refractivity contribution in [3.63, 3.8) is 0 Å². The van der Waals surface area contributed by atoms with Crippen LogP contribution in [0.25, 0.3) is 27.6 Å². The van der Waals surface area contributed by atoms with Crippen LogP contribution in [0.5, 0.6) is 11.8 Å². The third-order valence-electron chi connectivity index (χ3n) is 5.22. The topological polar surface area (TPSA) is 145 Å². The minimum absolute atomic E-state index is 0.0998. The van der Waals surface area contributed by atoms with E-state index < -0.39 is 29.4 Å². The molecule has 8 nitrogen and oxygen atoms in total. The molecule has 0 fully saturated rings. The fourth-order valence-corrected chi connectivity index (χ4v) is 3.60. The molecule has 0 unspecified atom stereocenters. The maximum absolute atomic E-state index is 13.7. The lowest BCUT2D eigenvalue weighted by Gasteiger charge is -2.13. The zero-order valence-corrected chi connectivity index (χ0v) is 16.8. The van der Waals surface area contributed by atoms with Gasteiger partial charge in [-0.25, -0.2) is 18.1 Å². The number of carboxylic acids is 1. The summed E-state index contributed by atoms with van der Waals surface area (Å²) in [5.41, 5.74) is 0.748. The monoisotopic (exact) mass is 450 g/mol. The number of carboxylic acid groups (broad SMARTS) is 1. The number of aromatic hydroxyl groups is 2. The van der Waals surface area contributed by atoms with Crippen molar-refractivity contribution in [2.45, 2.75) is 0 Å². The smallest absolute Gasteiger partial charge is 0.337 e. The molecule has 0 amide bonds. The van der Waals surface area contributed by atoms with Gasteiger partial charge < -0.3 is 26.6 Å². The average molecular weight is 450 g/mol. The van der Waals surface area contributed by atoms with Crippen LogP contribution in [0, 0.1) is 17.0 Å². The van der Waals surface area contributed by atoms with Crippen LogP contribution < -0.4 is 5.84 Å². The van der Waals surface area contributed by atoms with E-state index in [-0.39, 0.29) is 33.3 Å². The van der Waals surface area contributed by atoms with Crippen LogP contribution in [0.3, 0.4) is 0 Å². The number of nitrogens with two attached hydrogens (primary N) is 1. The Hall–Kier alpha value is -4.73. The lowest BCUT2D eigenvalue weighted by Crippen LogP contribution is -2.05. The van der Waals surface area contributed by atoms with Crippen LogP contribution in [-0.2, 0) is 0 Å². The van der Waals surface area contributed by atoms with Gasteiger partial charge in [-0.05, 0) is 47.5 Å². The summed E-state index contributed by atoms with van der Waals surface area (Å²) < 4.78 is 28.0. The minimum atomic E-state index is -1.33. The van der Waals surface area contributed by atoms with E-state index in [1.165, 1.54) is 42.5 Å². The third kappa shape index (κ3) is 3.53. The van der Waals surface area contributed by atoms with Crippen LogP contribution >= 0.6 is 0 Å². The Morgan fingerprint density at radius 2 is 1.61 bits per heavy atom. The van der Waals surface area contributed by atoms with Gasteiger partial charge in [0, 0.05) is 22.6 Å². The Bertz CT molecular complexity index is 1480. The number of halogens is 2. The lowest BCUT2D eigenvalue weighted by atomic mass is 10.0. The zero-order chi connectivity index (χ0) is 23.9. The number of hydrazone groups is 1. The molecule has 0 aliphatic carbocycles. The van der Waals surface area contributed by atoms with Crippen molar-refractivity contribution in [2.24, 2.45) is 10.9 Å². The van der Waals surface area contributed by atoms with Gasteiger partial charge in [0.15, 0.2) is 11.6 Å². The number of hydrogen-bond acceptors (Lipinski definition) is 6. The van der Waals surface area contributed by atoms with E-state index in [1.807, 2.05) is 0 Å². The summed E-state index contributed by atoms with van der Waals surface area (Å²) in [5.74, 6) is 0.907. The Labute approximate surface area is 185 Å². The summed E-state index contributed by atoms with van der Waals surface area (Å²) in [5, 5.41) is 42.6. The van der Waals surface area contributed by atoms with E-state index in [0.29, 0.717) is 11.1 Å². The number of benzene rings is 3. The van der Waals surface area contributed by atoms with Crippen LogP contribution in [0.2, 0.25) is 0 Å². The number of aromatic nitrogens is 1. The molecule has 166 valence electrons. The lowest BCUT2D eigenvalue weighted by molar-refractivity contribution is 0.0697. The first-order valence-corrected chi connectivity index (χ1v) is 9.45. The number of fused-ring (bicyclic) bond motifs is 1. The van der Waals surface area contributed by atoms with E-state index in [4.69, 9.17) is 11.3 Å². The quantitative estimate of drug-likeness (QED) is 0.177. The molecule has 0 saturated carbocycles. The first-order chi connectivity index (χ1) is 15.8. The highest BCUT2D eigenvalue weighted by Crippen LogP contribution is 2.41. The fourth-order valence-electron chi connectivity index (χ4n) is 3.60. The van der Waals surface area contributed by atoms with E-state index in [9.17, 15) is 28.9 Å². The predicted octanol–water partition coefficient (Wildman–Crippen LogP) is 4.00. The number of hydrogen-bond donors (Lipinski definition) is 5. The van der Waals surface area contributed by atoms with Gasteiger partial charge in [0.2, 0.25) is 11.8 Å². The number of nitrogens with one attached hydrogen (secondary N) is 1. The molecule has 4 rings (SSSR count). The molecule has 0 atom stereocenters. The second-order valence-electron chi connectivity index (χ2n) is 7.07. The number of carbonyl (C=O) groups is 1. The minimum Gasteiger partial charge on any atom is -0.494 e. The molecule has 0 aliphatic heterocycles. The fraction of sp³-hybridized carbons (Fsp3) is 0. The van der Waals surface area contributed by atoms with E-state index in [2.05, 4.69) is 5.10 Å². The van der Waals surface area contributed by atoms with Crippen molar-refractivity contribution in [1.82, 2.24) is 4.57 Å². The molecule has 1 aromatic heterocycles. The molecule has 33 heavy (non-hydrogen) atoms. The average Bonchev–Trinajstić information content (AvgIpc) is 3.05. The molecule has 4 aromatic rings. The van der Waals surface area contributed by atoms with E-state index >= 15 is 0 Å². The molecular weight excluding hydrogens is 434 g/mol. The van der Waals surface area contributed by atoms with Crippen molar-refractivity contribution in [2.75, 3.05) is 0 Å². The summed E-state index contributed by atoms with van der Waals surface area (Å²) in [6.07, 6.45) is 0.920. The third-order valence-corrected chi connectivity index (χ3v) is 5.22. The second kappa shape index (κ2) is 8.08. The summed E-state index contributed by atoms with van der Waals surface area (Å²) in [6, 6.07) is 11.6. The van der Waals surface area contributed by atoms with Crippen LogP contribution in [-0.4, -0.2) is 37.8 Å². The predicted molar refractivity (Wildman–Crippen MR) is 118 cm³/mol. The van der Waals surface area contributed by atoms with Crippen molar-refractivity contribution < 1.29 is 28.9 Å². The molecule has 6 N–H and O–H groups in total. The molecule has 10 heteroatoms. The molecule has 0 radical (unpaired) electrons. The number of aromatic carboxylic acids is 1. The largest absolute Gasteiger partial charge is 0.494 e. The van der Waals surface area contributed by atoms with Gasteiger partial charge in [-0.15, -0.1) is 0 Å². The molecule has 1 heterocycles. The SMILES string of the molecule is N=CC(=NN)c1ccc2c(O)n(-c3cc(-c4ccc(F)c(F)c4)ccc3C(=O)O)c(O)c2c1. The summed E-state index contributed by atoms with van der Waals surface area (Å²) in [7, 11) is 0. The first kappa shape index (κ1) is 21.5. The van der Waals surface area contributed by atoms with Gasteiger partial charge in [0.1, 0.15) is 5.71 Å². The maximum atomic E-state index is 13.7. The molecule has 0 saturated heterocycles. The summed E-state index contributed by atoms with van der Waals surface area (Å²) in [4.78, 5) is 11.9. The standard InChI is InChI=1S/C23H16F2N4O4/c24-17-6-3-11(8-18(17)25)12-1-5-15(23(32)33)20(9-12)29-21(30)14-4-2-13(19(10-26)28-27)7-16(14)22(29)31/h1-10,26,30-31H,27H2,(H,32,33). The Morgan fingerprint density at radius 1 is 0.939 bits per heavy atom. The van der Waals surface area contributed by atoms with Gasteiger partial charge in [-0.2, -0.15) is 5.10 Å². The van der Waals surface area contributed by atoms with Crippen LogP contribution in [0.4, 0.5) is 8.78 Å². The van der Waals surface area contributed by atoms with Crippen molar-refractivity contribution in [3.05, 3.63) is 77.4 Å². The molecule has 0 bridgehead atoms. The highest BCUT2D eigenvalue weighted by atomic mass is 19.2. The number of nitrogens with zero attached hydrogens (tertiary/aromatic N) is 2. The summed E-state index contributed by atoms with van der Waals surface area (Å²) in [6.45, 7) is 0. The Morgan fingerprint density at radius 3 is 2.24 bits per heavy atom. The molecule has 3 aromatic carbocycles. The highest BCUT2D eigenvalue weighted by molar-refractivity contribution is 6.37. The summed E-state index contributed by atoms with van der Waals surface area (Å²) >= 11 is 0. The molecular formula is C23H16F2N4O4. The Balaban J connectivity index is 1.98. The second-order valence-corrected chi connectivity index (χ2v) is 7.07. The molecule has 0 spiro atoms. The van der Waals surface area contributed by atoms with Gasteiger partial charge in [0.05, 0.1) is 11.3 Å². The first-order valence-electron chi connectivity index (χ1n) is 9.45. The van der Waals surface area contributed by atoms with Gasteiger partial charge >= 0.3 is 5.97 Å². The van der Waals surface area contributed by atoms with E-state index in [1.54, 1.807) is 0 Å². The van der Waals surface area contributed by atoms with Crippen LogP contribution in [0.15, 0.2) is 59.7 Å². The molecule has 0 aliphatic rings.